The maximum absolute atomic E-state index is 12.1. The van der Waals surface area contributed by atoms with Crippen LogP contribution in [-0.4, -0.2) is 50.1 Å². The predicted octanol–water partition coefficient (Wildman–Crippen LogP) is 2.81. The lowest BCUT2D eigenvalue weighted by molar-refractivity contribution is 0.140. The van der Waals surface area contributed by atoms with Crippen molar-refractivity contribution in [3.63, 3.8) is 0 Å². The molecule has 1 unspecified atom stereocenters. The first-order valence-corrected chi connectivity index (χ1v) is 11.3. The van der Waals surface area contributed by atoms with Crippen molar-refractivity contribution in [3.05, 3.63) is 42.8 Å². The minimum absolute atomic E-state index is 0.0325. The molecule has 1 saturated carbocycles. The summed E-state index contributed by atoms with van der Waals surface area (Å²) in [4.78, 5) is 22.5. The number of anilines is 1. The van der Waals surface area contributed by atoms with Crippen LogP contribution in [-0.2, 0) is 20.4 Å². The number of imidazole rings is 1. The van der Waals surface area contributed by atoms with Crippen molar-refractivity contribution in [2.24, 2.45) is 0 Å². The van der Waals surface area contributed by atoms with E-state index < -0.39 is 13.9 Å². The Balaban J connectivity index is 1.50. The molecule has 1 aliphatic carbocycles. The van der Waals surface area contributed by atoms with Gasteiger partial charge in [0, 0.05) is 6.54 Å². The standard InChI is InChI=1S/C19H26N5O5P/c1-3-4-5-6-14(2)11-28-30(25,26)13-27-10-9-24-12-21-16-17(24)22-19(20)23-18(16)29-15-7-8-15/h3-6,12,15H,1,7-11,13H2,2H3,(H,25,26)(H2,20,22,23)/b5-4-,14-6+. The number of fused-ring (bicyclic) bond motifs is 1. The average molecular weight is 435 g/mol. The van der Waals surface area contributed by atoms with Crippen molar-refractivity contribution in [3.8, 4) is 5.88 Å². The molecule has 1 aliphatic rings. The monoisotopic (exact) mass is 435 g/mol. The fraction of sp³-hybridized carbons (Fsp3) is 0.421. The summed E-state index contributed by atoms with van der Waals surface area (Å²) in [5, 5.41) is 0. The molecule has 10 nitrogen and oxygen atoms in total. The molecule has 0 saturated heterocycles. The Bertz CT molecular complexity index is 999. The fourth-order valence-corrected chi connectivity index (χ4v) is 3.29. The SMILES string of the molecule is C=C/C=C\C=C(/C)COP(=O)(O)COCCn1cnc2c(OC3CC3)nc(N)nc21. The topological polar surface area (TPSA) is 135 Å². The van der Waals surface area contributed by atoms with Crippen LogP contribution in [0, 0.1) is 0 Å². The number of nitrogens with zero attached hydrogens (tertiary/aromatic N) is 4. The van der Waals surface area contributed by atoms with Crippen LogP contribution in [0.15, 0.2) is 42.8 Å². The molecule has 0 aromatic carbocycles. The highest BCUT2D eigenvalue weighted by Crippen LogP contribution is 2.42. The summed E-state index contributed by atoms with van der Waals surface area (Å²) in [5.74, 6) is 0.472. The van der Waals surface area contributed by atoms with Crippen molar-refractivity contribution in [2.75, 3.05) is 25.3 Å². The van der Waals surface area contributed by atoms with Crippen LogP contribution < -0.4 is 10.5 Å². The van der Waals surface area contributed by atoms with E-state index in [1.54, 1.807) is 42.1 Å². The van der Waals surface area contributed by atoms with Gasteiger partial charge in [0.2, 0.25) is 11.8 Å². The smallest absolute Gasteiger partial charge is 0.353 e. The zero-order chi connectivity index (χ0) is 21.6. The number of allylic oxidation sites excluding steroid dienone is 4. The highest BCUT2D eigenvalue weighted by Gasteiger charge is 2.26. The van der Waals surface area contributed by atoms with Gasteiger partial charge in [-0.3, -0.25) is 4.57 Å². The lowest BCUT2D eigenvalue weighted by atomic mass is 10.3. The van der Waals surface area contributed by atoms with Gasteiger partial charge < -0.3 is 29.2 Å². The Morgan fingerprint density at radius 2 is 2.23 bits per heavy atom. The molecule has 3 rings (SSSR count). The summed E-state index contributed by atoms with van der Waals surface area (Å²) in [6.07, 6.45) is 10.3. The van der Waals surface area contributed by atoms with E-state index >= 15 is 0 Å². The van der Waals surface area contributed by atoms with Crippen molar-refractivity contribution in [1.82, 2.24) is 19.5 Å². The van der Waals surface area contributed by atoms with Crippen LogP contribution in [0.5, 0.6) is 5.88 Å². The number of nitrogens with two attached hydrogens (primary N) is 1. The summed E-state index contributed by atoms with van der Waals surface area (Å²) in [6.45, 7) is 5.93. The van der Waals surface area contributed by atoms with Crippen LogP contribution in [0.25, 0.3) is 11.2 Å². The number of aromatic nitrogens is 4. The van der Waals surface area contributed by atoms with Gasteiger partial charge >= 0.3 is 7.60 Å². The van der Waals surface area contributed by atoms with Gasteiger partial charge in [0.15, 0.2) is 11.2 Å². The van der Waals surface area contributed by atoms with E-state index in [4.69, 9.17) is 19.7 Å². The van der Waals surface area contributed by atoms with Crippen LogP contribution in [0.3, 0.4) is 0 Å². The molecule has 0 radical (unpaired) electrons. The Morgan fingerprint density at radius 1 is 1.43 bits per heavy atom. The summed E-state index contributed by atoms with van der Waals surface area (Å²) in [5.41, 5.74) is 7.64. The van der Waals surface area contributed by atoms with Gasteiger partial charge in [-0.05, 0) is 25.3 Å². The normalized spacial score (nSPS) is 16.8. The van der Waals surface area contributed by atoms with Gasteiger partial charge in [-0.25, -0.2) is 4.98 Å². The number of nitrogen functional groups attached to an aromatic ring is 1. The van der Waals surface area contributed by atoms with Gasteiger partial charge in [0.1, 0.15) is 12.5 Å². The third-order valence-electron chi connectivity index (χ3n) is 4.10. The van der Waals surface area contributed by atoms with Crippen LogP contribution in [0.4, 0.5) is 5.95 Å². The molecular weight excluding hydrogens is 409 g/mol. The van der Waals surface area contributed by atoms with Gasteiger partial charge in [-0.1, -0.05) is 30.9 Å². The Hall–Kier alpha value is -2.52. The second-order valence-electron chi connectivity index (χ2n) is 6.90. The largest absolute Gasteiger partial charge is 0.473 e. The molecule has 2 heterocycles. The Kier molecular flexibility index (Phi) is 7.38. The van der Waals surface area contributed by atoms with Crippen molar-refractivity contribution in [2.45, 2.75) is 32.4 Å². The molecule has 1 fully saturated rings. The van der Waals surface area contributed by atoms with E-state index in [2.05, 4.69) is 21.5 Å². The van der Waals surface area contributed by atoms with Crippen LogP contribution >= 0.6 is 7.60 Å². The highest BCUT2D eigenvalue weighted by atomic mass is 31.2. The fourth-order valence-electron chi connectivity index (χ4n) is 2.45. The quantitative estimate of drug-likeness (QED) is 0.293. The maximum atomic E-state index is 12.1. The Morgan fingerprint density at radius 3 is 2.97 bits per heavy atom. The van der Waals surface area contributed by atoms with Crippen molar-refractivity contribution >= 4 is 24.7 Å². The second-order valence-corrected chi connectivity index (χ2v) is 8.69. The van der Waals surface area contributed by atoms with Crippen LogP contribution in [0.2, 0.25) is 0 Å². The molecule has 11 heteroatoms. The van der Waals surface area contributed by atoms with Gasteiger partial charge in [-0.2, -0.15) is 9.97 Å². The average Bonchev–Trinajstić information content (AvgIpc) is 3.42. The van der Waals surface area contributed by atoms with E-state index in [0.717, 1.165) is 18.4 Å². The summed E-state index contributed by atoms with van der Waals surface area (Å²) in [7, 11) is -3.86. The van der Waals surface area contributed by atoms with E-state index in [0.29, 0.717) is 23.6 Å². The molecule has 0 amide bonds. The third kappa shape index (κ3) is 6.50. The summed E-state index contributed by atoms with van der Waals surface area (Å²) < 4.78 is 30.0. The molecule has 0 aliphatic heterocycles. The number of hydrogen-bond donors (Lipinski definition) is 2. The first-order chi connectivity index (χ1) is 14.4. The first kappa shape index (κ1) is 22.2. The summed E-state index contributed by atoms with van der Waals surface area (Å²) >= 11 is 0. The second kappa shape index (κ2) is 9.99. The van der Waals surface area contributed by atoms with E-state index in [-0.39, 0.29) is 25.3 Å². The molecular formula is C19H26N5O5P. The number of hydrogen-bond acceptors (Lipinski definition) is 8. The molecule has 30 heavy (non-hydrogen) atoms. The Labute approximate surface area is 174 Å². The molecule has 3 N–H and O–H groups in total. The van der Waals surface area contributed by atoms with E-state index in [9.17, 15) is 9.46 Å². The molecule has 2 aromatic heterocycles. The minimum atomic E-state index is -3.86. The van der Waals surface area contributed by atoms with Crippen molar-refractivity contribution in [1.29, 1.82) is 0 Å². The molecule has 2 aromatic rings. The highest BCUT2D eigenvalue weighted by molar-refractivity contribution is 7.52. The summed E-state index contributed by atoms with van der Waals surface area (Å²) in [6, 6.07) is 0. The zero-order valence-corrected chi connectivity index (χ0v) is 17.7. The van der Waals surface area contributed by atoms with E-state index in [1.165, 1.54) is 0 Å². The first-order valence-electron chi connectivity index (χ1n) is 9.52. The third-order valence-corrected chi connectivity index (χ3v) is 5.15. The maximum Gasteiger partial charge on any atom is 0.353 e. The van der Waals surface area contributed by atoms with Crippen LogP contribution in [0.1, 0.15) is 19.8 Å². The van der Waals surface area contributed by atoms with Crippen molar-refractivity contribution < 1.29 is 23.5 Å². The van der Waals surface area contributed by atoms with Gasteiger partial charge in [-0.15, -0.1) is 0 Å². The molecule has 162 valence electrons. The zero-order valence-electron chi connectivity index (χ0n) is 16.8. The molecule has 0 bridgehead atoms. The minimum Gasteiger partial charge on any atom is -0.473 e. The van der Waals surface area contributed by atoms with Gasteiger partial charge in [0.05, 0.1) is 19.5 Å². The van der Waals surface area contributed by atoms with E-state index in [1.807, 2.05) is 0 Å². The number of rotatable bonds is 12. The molecule has 1 atom stereocenters. The number of ether oxygens (including phenoxy) is 2. The predicted molar refractivity (Wildman–Crippen MR) is 113 cm³/mol. The lowest BCUT2D eigenvalue weighted by Gasteiger charge is -2.13. The van der Waals surface area contributed by atoms with Gasteiger partial charge in [0.25, 0.3) is 0 Å². The molecule has 0 spiro atoms. The lowest BCUT2D eigenvalue weighted by Crippen LogP contribution is -2.09.